The fraction of sp³-hybridized carbons (Fsp3) is 0.750. The largest absolute Gasteiger partial charge is 0.314 e. The lowest BCUT2D eigenvalue weighted by atomic mass is 9.97. The van der Waals surface area contributed by atoms with Crippen molar-refractivity contribution in [2.75, 3.05) is 6.54 Å². The Labute approximate surface area is 91.9 Å². The van der Waals surface area contributed by atoms with Crippen molar-refractivity contribution in [3.05, 3.63) is 18.0 Å². The molecule has 0 bridgehead atoms. The van der Waals surface area contributed by atoms with Crippen LogP contribution in [0.2, 0.25) is 0 Å². The predicted octanol–water partition coefficient (Wildman–Crippen LogP) is 2.15. The van der Waals surface area contributed by atoms with E-state index in [2.05, 4.69) is 30.5 Å². The monoisotopic (exact) mass is 207 g/mol. The normalized spacial score (nSPS) is 26.0. The first-order valence-electron chi connectivity index (χ1n) is 6.10. The molecule has 0 saturated heterocycles. The molecule has 15 heavy (non-hydrogen) atoms. The van der Waals surface area contributed by atoms with E-state index in [0.29, 0.717) is 12.0 Å². The second kappa shape index (κ2) is 4.79. The zero-order valence-corrected chi connectivity index (χ0v) is 9.74. The van der Waals surface area contributed by atoms with Crippen LogP contribution in [0.25, 0.3) is 0 Å². The number of rotatable bonds is 4. The number of likely N-dealkylation sites (N-methyl/N-ethyl adjacent to an activating group) is 1. The first-order chi connectivity index (χ1) is 7.35. The summed E-state index contributed by atoms with van der Waals surface area (Å²) in [6.07, 6.45) is 8.23. The maximum Gasteiger partial charge on any atom is 0.0525 e. The Morgan fingerprint density at radius 3 is 3.00 bits per heavy atom. The molecule has 0 spiro atoms. The third-order valence-corrected chi connectivity index (χ3v) is 3.39. The number of hydrogen-bond donors (Lipinski definition) is 1. The third-order valence-electron chi connectivity index (χ3n) is 3.39. The smallest absolute Gasteiger partial charge is 0.0525 e. The molecule has 0 radical (unpaired) electrons. The van der Waals surface area contributed by atoms with Crippen LogP contribution in [-0.4, -0.2) is 22.4 Å². The molecule has 1 aromatic heterocycles. The van der Waals surface area contributed by atoms with Gasteiger partial charge >= 0.3 is 0 Å². The van der Waals surface area contributed by atoms with E-state index in [1.54, 1.807) is 0 Å². The minimum atomic E-state index is 0.671. The Hall–Kier alpha value is -0.830. The standard InChI is InChI=1S/C12H21N3/c1-3-13-12-7-5-6-11(12)10-8-14-15(4-2)9-10/h8-9,11-13H,3-7H2,1-2H3. The highest BCUT2D eigenvalue weighted by atomic mass is 15.3. The van der Waals surface area contributed by atoms with Gasteiger partial charge in [-0.05, 0) is 31.9 Å². The van der Waals surface area contributed by atoms with Crippen LogP contribution in [0.5, 0.6) is 0 Å². The lowest BCUT2D eigenvalue weighted by Crippen LogP contribution is -2.30. The zero-order valence-electron chi connectivity index (χ0n) is 9.74. The van der Waals surface area contributed by atoms with Gasteiger partial charge in [0.2, 0.25) is 0 Å². The maximum atomic E-state index is 4.36. The van der Waals surface area contributed by atoms with Gasteiger partial charge < -0.3 is 5.32 Å². The molecular formula is C12H21N3. The molecule has 0 aromatic carbocycles. The van der Waals surface area contributed by atoms with Gasteiger partial charge in [0.15, 0.2) is 0 Å². The van der Waals surface area contributed by atoms with Crippen molar-refractivity contribution in [2.24, 2.45) is 0 Å². The lowest BCUT2D eigenvalue weighted by molar-refractivity contribution is 0.492. The molecule has 1 aliphatic rings. The SMILES string of the molecule is CCNC1CCCC1c1cnn(CC)c1. The molecule has 1 aliphatic carbocycles. The Morgan fingerprint density at radius 1 is 1.47 bits per heavy atom. The summed E-state index contributed by atoms with van der Waals surface area (Å²) in [6, 6.07) is 0.671. The molecule has 3 nitrogen and oxygen atoms in total. The van der Waals surface area contributed by atoms with Crippen molar-refractivity contribution in [3.63, 3.8) is 0 Å². The van der Waals surface area contributed by atoms with E-state index in [0.717, 1.165) is 13.1 Å². The topological polar surface area (TPSA) is 29.9 Å². The van der Waals surface area contributed by atoms with Crippen LogP contribution in [0, 0.1) is 0 Å². The van der Waals surface area contributed by atoms with Gasteiger partial charge in [-0.25, -0.2) is 0 Å². The van der Waals surface area contributed by atoms with E-state index < -0.39 is 0 Å². The summed E-state index contributed by atoms with van der Waals surface area (Å²) in [5.74, 6) is 0.685. The maximum absolute atomic E-state index is 4.36. The Balaban J connectivity index is 2.08. The number of nitrogens with one attached hydrogen (secondary N) is 1. The first-order valence-corrected chi connectivity index (χ1v) is 6.10. The molecule has 84 valence electrons. The van der Waals surface area contributed by atoms with Crippen LogP contribution in [0.1, 0.15) is 44.6 Å². The van der Waals surface area contributed by atoms with Gasteiger partial charge in [0.05, 0.1) is 6.20 Å². The molecule has 1 N–H and O–H groups in total. The van der Waals surface area contributed by atoms with E-state index >= 15 is 0 Å². The van der Waals surface area contributed by atoms with E-state index in [9.17, 15) is 0 Å². The van der Waals surface area contributed by atoms with E-state index in [1.807, 2.05) is 10.9 Å². The van der Waals surface area contributed by atoms with E-state index in [-0.39, 0.29) is 0 Å². The molecule has 0 amide bonds. The van der Waals surface area contributed by atoms with Crippen molar-refractivity contribution in [1.29, 1.82) is 0 Å². The number of aryl methyl sites for hydroxylation is 1. The van der Waals surface area contributed by atoms with Crippen LogP contribution < -0.4 is 5.32 Å². The minimum absolute atomic E-state index is 0.671. The summed E-state index contributed by atoms with van der Waals surface area (Å²) < 4.78 is 2.02. The lowest BCUT2D eigenvalue weighted by Gasteiger charge is -2.18. The fourth-order valence-electron chi connectivity index (χ4n) is 2.61. The molecule has 2 atom stereocenters. The summed E-state index contributed by atoms with van der Waals surface area (Å²) in [6.45, 7) is 6.36. The van der Waals surface area contributed by atoms with Gasteiger partial charge in [0.1, 0.15) is 0 Å². The van der Waals surface area contributed by atoms with Crippen molar-refractivity contribution in [3.8, 4) is 0 Å². The molecule has 1 fully saturated rings. The van der Waals surface area contributed by atoms with Gasteiger partial charge in [-0.1, -0.05) is 13.3 Å². The van der Waals surface area contributed by atoms with Gasteiger partial charge in [-0.3, -0.25) is 4.68 Å². The van der Waals surface area contributed by atoms with Gasteiger partial charge in [-0.15, -0.1) is 0 Å². The van der Waals surface area contributed by atoms with Crippen molar-refractivity contribution < 1.29 is 0 Å². The van der Waals surface area contributed by atoms with Gasteiger partial charge in [0.25, 0.3) is 0 Å². The second-order valence-electron chi connectivity index (χ2n) is 4.33. The summed E-state index contributed by atoms with van der Waals surface area (Å²) in [7, 11) is 0. The molecule has 2 unspecified atom stereocenters. The first kappa shape index (κ1) is 10.7. The van der Waals surface area contributed by atoms with Crippen molar-refractivity contribution >= 4 is 0 Å². The molecule has 1 saturated carbocycles. The summed E-state index contributed by atoms with van der Waals surface area (Å²) >= 11 is 0. The summed E-state index contributed by atoms with van der Waals surface area (Å²) in [5.41, 5.74) is 1.42. The Morgan fingerprint density at radius 2 is 2.33 bits per heavy atom. The summed E-state index contributed by atoms with van der Waals surface area (Å²) in [4.78, 5) is 0. The third kappa shape index (κ3) is 2.23. The number of aromatic nitrogens is 2. The van der Waals surface area contributed by atoms with E-state index in [4.69, 9.17) is 0 Å². The second-order valence-corrected chi connectivity index (χ2v) is 4.33. The highest BCUT2D eigenvalue weighted by Crippen LogP contribution is 2.34. The zero-order chi connectivity index (χ0) is 10.7. The number of nitrogens with zero attached hydrogens (tertiary/aromatic N) is 2. The van der Waals surface area contributed by atoms with E-state index in [1.165, 1.54) is 24.8 Å². The van der Waals surface area contributed by atoms with Crippen molar-refractivity contribution in [2.45, 2.75) is 51.6 Å². The summed E-state index contributed by atoms with van der Waals surface area (Å²) in [5, 5.41) is 7.95. The molecule has 2 rings (SSSR count). The van der Waals surface area contributed by atoms with Crippen LogP contribution in [0.3, 0.4) is 0 Å². The molecule has 1 aromatic rings. The Bertz CT molecular complexity index is 306. The fourth-order valence-corrected chi connectivity index (χ4v) is 2.61. The molecular weight excluding hydrogens is 186 g/mol. The highest BCUT2D eigenvalue weighted by molar-refractivity contribution is 5.16. The van der Waals surface area contributed by atoms with Crippen molar-refractivity contribution in [1.82, 2.24) is 15.1 Å². The predicted molar refractivity (Wildman–Crippen MR) is 62.0 cm³/mol. The van der Waals surface area contributed by atoms with Crippen LogP contribution >= 0.6 is 0 Å². The highest BCUT2D eigenvalue weighted by Gasteiger charge is 2.28. The molecule has 1 heterocycles. The number of hydrogen-bond acceptors (Lipinski definition) is 2. The molecule has 3 heteroatoms. The molecule has 0 aliphatic heterocycles. The minimum Gasteiger partial charge on any atom is -0.314 e. The van der Waals surface area contributed by atoms with Crippen LogP contribution in [0.4, 0.5) is 0 Å². The van der Waals surface area contributed by atoms with Crippen LogP contribution in [0.15, 0.2) is 12.4 Å². The van der Waals surface area contributed by atoms with Gasteiger partial charge in [0, 0.05) is 24.7 Å². The van der Waals surface area contributed by atoms with Crippen LogP contribution in [-0.2, 0) is 6.54 Å². The van der Waals surface area contributed by atoms with Gasteiger partial charge in [-0.2, -0.15) is 5.10 Å². The quantitative estimate of drug-likeness (QED) is 0.820. The average Bonchev–Trinajstić information content (AvgIpc) is 2.85. The Kier molecular flexibility index (Phi) is 3.41. The average molecular weight is 207 g/mol.